The fraction of sp³-hybridized carbons (Fsp3) is 0.333. The van der Waals surface area contributed by atoms with Crippen molar-refractivity contribution in [2.45, 2.75) is 44.0 Å². The minimum atomic E-state index is -0.289. The topological polar surface area (TPSA) is 63.9 Å². The number of amides is 1. The average Bonchev–Trinajstić information content (AvgIpc) is 3.17. The summed E-state index contributed by atoms with van der Waals surface area (Å²) >= 11 is 1.39. The van der Waals surface area contributed by atoms with Gasteiger partial charge in [0.1, 0.15) is 0 Å². The maximum atomic E-state index is 13.2. The van der Waals surface area contributed by atoms with E-state index in [0.717, 1.165) is 30.8 Å². The Kier molecular flexibility index (Phi) is 5.17. The first kappa shape index (κ1) is 18.7. The van der Waals surface area contributed by atoms with Gasteiger partial charge in [0.05, 0.1) is 10.9 Å². The van der Waals surface area contributed by atoms with Crippen LogP contribution in [0, 0.1) is 13.8 Å². The molecule has 1 aliphatic heterocycles. The summed E-state index contributed by atoms with van der Waals surface area (Å²) in [4.78, 5) is 15.1. The predicted molar refractivity (Wildman–Crippen MR) is 111 cm³/mol. The number of carbonyl (C=O) groups excluding carboxylic acids is 1. The Balaban J connectivity index is 1.55. The summed E-state index contributed by atoms with van der Waals surface area (Å²) in [6.07, 6.45) is 2.01. The number of benzene rings is 2. The van der Waals surface area contributed by atoms with Crippen molar-refractivity contribution in [3.05, 3.63) is 59.2 Å². The number of rotatable bonds is 4. The van der Waals surface area contributed by atoms with E-state index in [1.807, 2.05) is 36.1 Å². The van der Waals surface area contributed by atoms with Crippen LogP contribution < -0.4 is 4.90 Å². The van der Waals surface area contributed by atoms with Crippen LogP contribution >= 0.6 is 11.8 Å². The van der Waals surface area contributed by atoms with E-state index >= 15 is 0 Å². The SMILES string of the molecule is Cc1ccc(-n2nnnc2SC(C)C(=O)N2CCCc3ccccc32)cc1C. The van der Waals surface area contributed by atoms with Crippen molar-refractivity contribution in [3.63, 3.8) is 0 Å². The lowest BCUT2D eigenvalue weighted by atomic mass is 10.0. The van der Waals surface area contributed by atoms with E-state index < -0.39 is 0 Å². The van der Waals surface area contributed by atoms with Crippen LogP contribution in [0.3, 0.4) is 0 Å². The molecule has 4 rings (SSSR count). The Labute approximate surface area is 168 Å². The molecular formula is C21H23N5OS. The third-order valence-corrected chi connectivity index (χ3v) is 6.20. The number of tetrazole rings is 1. The van der Waals surface area contributed by atoms with Crippen molar-refractivity contribution in [2.24, 2.45) is 0 Å². The predicted octanol–water partition coefficient (Wildman–Crippen LogP) is 3.74. The van der Waals surface area contributed by atoms with Gasteiger partial charge in [-0.2, -0.15) is 4.68 Å². The van der Waals surface area contributed by atoms with Gasteiger partial charge in [0.15, 0.2) is 0 Å². The lowest BCUT2D eigenvalue weighted by Crippen LogP contribution is -2.40. The molecule has 1 amide bonds. The van der Waals surface area contributed by atoms with Crippen LogP contribution in [0.5, 0.6) is 0 Å². The Morgan fingerprint density at radius 1 is 1.14 bits per heavy atom. The van der Waals surface area contributed by atoms with E-state index in [1.54, 1.807) is 4.68 Å². The van der Waals surface area contributed by atoms with Crippen molar-refractivity contribution >= 4 is 23.4 Å². The standard InChI is InChI=1S/C21H23N5OS/c1-14-10-11-18(13-15(14)2)26-21(22-23-24-26)28-16(3)20(27)25-12-6-8-17-7-4-5-9-19(17)25/h4-5,7,9-11,13,16H,6,8,12H2,1-3H3. The monoisotopic (exact) mass is 393 g/mol. The Bertz CT molecular complexity index is 1020. The minimum Gasteiger partial charge on any atom is -0.311 e. The van der Waals surface area contributed by atoms with Gasteiger partial charge in [-0.25, -0.2) is 0 Å². The Morgan fingerprint density at radius 2 is 1.96 bits per heavy atom. The van der Waals surface area contributed by atoms with Gasteiger partial charge in [-0.3, -0.25) is 4.79 Å². The van der Waals surface area contributed by atoms with Gasteiger partial charge >= 0.3 is 0 Å². The van der Waals surface area contributed by atoms with Gasteiger partial charge in [-0.05, 0) is 78.9 Å². The maximum absolute atomic E-state index is 13.2. The number of carbonyl (C=O) groups is 1. The first-order valence-corrected chi connectivity index (χ1v) is 10.3. The summed E-state index contributed by atoms with van der Waals surface area (Å²) in [5.41, 5.74) is 5.56. The lowest BCUT2D eigenvalue weighted by molar-refractivity contribution is -0.117. The molecule has 0 fully saturated rings. The van der Waals surface area contributed by atoms with Gasteiger partial charge in [-0.15, -0.1) is 5.10 Å². The van der Waals surface area contributed by atoms with E-state index in [-0.39, 0.29) is 11.2 Å². The molecule has 144 valence electrons. The van der Waals surface area contributed by atoms with Crippen LogP contribution in [-0.4, -0.2) is 37.9 Å². The molecule has 0 bridgehead atoms. The highest BCUT2D eigenvalue weighted by molar-refractivity contribution is 8.00. The van der Waals surface area contributed by atoms with E-state index in [2.05, 4.69) is 47.6 Å². The summed E-state index contributed by atoms with van der Waals surface area (Å²) in [5.74, 6) is 0.0896. The van der Waals surface area contributed by atoms with Crippen LogP contribution in [-0.2, 0) is 11.2 Å². The molecule has 7 heteroatoms. The van der Waals surface area contributed by atoms with Crippen LogP contribution in [0.15, 0.2) is 47.6 Å². The molecule has 3 aromatic rings. The summed E-state index contributed by atoms with van der Waals surface area (Å²) in [6, 6.07) is 14.3. The molecule has 0 saturated carbocycles. The molecule has 2 heterocycles. The molecule has 0 spiro atoms. The third-order valence-electron chi connectivity index (χ3n) is 5.18. The zero-order valence-corrected chi connectivity index (χ0v) is 17.1. The van der Waals surface area contributed by atoms with E-state index in [9.17, 15) is 4.79 Å². The molecule has 6 nitrogen and oxygen atoms in total. The van der Waals surface area contributed by atoms with E-state index in [0.29, 0.717) is 5.16 Å². The number of para-hydroxylation sites is 1. The molecular weight excluding hydrogens is 370 g/mol. The number of nitrogens with zero attached hydrogens (tertiary/aromatic N) is 5. The van der Waals surface area contributed by atoms with Crippen LogP contribution in [0.25, 0.3) is 5.69 Å². The molecule has 0 saturated heterocycles. The molecule has 2 aromatic carbocycles. The summed E-state index contributed by atoms with van der Waals surface area (Å²) in [5, 5.41) is 12.4. The highest BCUT2D eigenvalue weighted by Crippen LogP contribution is 2.31. The van der Waals surface area contributed by atoms with E-state index in [1.165, 1.54) is 28.5 Å². The summed E-state index contributed by atoms with van der Waals surface area (Å²) in [7, 11) is 0. The molecule has 0 radical (unpaired) electrons. The largest absolute Gasteiger partial charge is 0.311 e. The molecule has 1 unspecified atom stereocenters. The second-order valence-corrected chi connectivity index (χ2v) is 8.43. The first-order chi connectivity index (χ1) is 13.5. The van der Waals surface area contributed by atoms with E-state index in [4.69, 9.17) is 0 Å². The van der Waals surface area contributed by atoms with Crippen molar-refractivity contribution in [3.8, 4) is 5.69 Å². The molecule has 0 N–H and O–H groups in total. The minimum absolute atomic E-state index is 0.0896. The highest BCUT2D eigenvalue weighted by atomic mass is 32.2. The van der Waals surface area contributed by atoms with Gasteiger partial charge in [0.25, 0.3) is 0 Å². The zero-order valence-electron chi connectivity index (χ0n) is 16.3. The van der Waals surface area contributed by atoms with Crippen LogP contribution in [0.4, 0.5) is 5.69 Å². The van der Waals surface area contributed by atoms with Crippen molar-refractivity contribution in [1.82, 2.24) is 20.2 Å². The quantitative estimate of drug-likeness (QED) is 0.632. The summed E-state index contributed by atoms with van der Waals surface area (Å²) < 4.78 is 1.70. The van der Waals surface area contributed by atoms with Gasteiger partial charge < -0.3 is 4.90 Å². The number of hydrogen-bond donors (Lipinski definition) is 0. The van der Waals surface area contributed by atoms with Crippen molar-refractivity contribution in [1.29, 1.82) is 0 Å². The second-order valence-electron chi connectivity index (χ2n) is 7.12. The fourth-order valence-electron chi connectivity index (χ4n) is 3.46. The van der Waals surface area contributed by atoms with Crippen molar-refractivity contribution in [2.75, 3.05) is 11.4 Å². The van der Waals surface area contributed by atoms with Gasteiger partial charge in [-0.1, -0.05) is 36.0 Å². The molecule has 0 aliphatic carbocycles. The summed E-state index contributed by atoms with van der Waals surface area (Å²) in [6.45, 7) is 6.81. The van der Waals surface area contributed by atoms with Crippen LogP contribution in [0.2, 0.25) is 0 Å². The zero-order chi connectivity index (χ0) is 19.7. The third kappa shape index (κ3) is 3.54. The fourth-order valence-corrected chi connectivity index (χ4v) is 4.33. The molecule has 1 aromatic heterocycles. The normalized spacial score (nSPS) is 14.6. The molecule has 1 aliphatic rings. The lowest BCUT2D eigenvalue weighted by Gasteiger charge is -2.31. The second kappa shape index (κ2) is 7.75. The number of aromatic nitrogens is 4. The van der Waals surface area contributed by atoms with Gasteiger partial charge in [0.2, 0.25) is 11.1 Å². The first-order valence-electron chi connectivity index (χ1n) is 9.46. The number of aryl methyl sites for hydroxylation is 3. The number of fused-ring (bicyclic) bond motifs is 1. The smallest absolute Gasteiger partial charge is 0.240 e. The number of thioether (sulfide) groups is 1. The Hall–Kier alpha value is -2.67. The maximum Gasteiger partial charge on any atom is 0.240 e. The van der Waals surface area contributed by atoms with Crippen LogP contribution in [0.1, 0.15) is 30.0 Å². The Morgan fingerprint density at radius 3 is 2.79 bits per heavy atom. The number of anilines is 1. The highest BCUT2D eigenvalue weighted by Gasteiger charge is 2.28. The van der Waals surface area contributed by atoms with Gasteiger partial charge in [0, 0.05) is 12.2 Å². The number of hydrogen-bond acceptors (Lipinski definition) is 5. The molecule has 1 atom stereocenters. The molecule has 28 heavy (non-hydrogen) atoms. The van der Waals surface area contributed by atoms with Crippen molar-refractivity contribution < 1.29 is 4.79 Å². The average molecular weight is 394 g/mol.